The maximum absolute atomic E-state index is 4.24. The van der Waals surface area contributed by atoms with Crippen molar-refractivity contribution in [3.63, 3.8) is 0 Å². The Morgan fingerprint density at radius 1 is 1.07 bits per heavy atom. The van der Waals surface area contributed by atoms with Crippen LogP contribution >= 0.6 is 0 Å². The van der Waals surface area contributed by atoms with Crippen LogP contribution in [0.4, 0.5) is 0 Å². The van der Waals surface area contributed by atoms with Crippen molar-refractivity contribution in [3.8, 4) is 0 Å². The molecule has 3 nitrogen and oxygen atoms in total. The highest BCUT2D eigenvalue weighted by Gasteiger charge is 1.91. The molecule has 0 aromatic carbocycles. The molecule has 0 fully saturated rings. The van der Waals surface area contributed by atoms with Crippen molar-refractivity contribution >= 4 is 5.65 Å². The number of hydrogen-bond acceptors (Lipinski definition) is 2. The van der Waals surface area contributed by atoms with Gasteiger partial charge in [-0.1, -0.05) is 27.7 Å². The fourth-order valence-electron chi connectivity index (χ4n) is 0.907. The van der Waals surface area contributed by atoms with Crippen LogP contribution in [0, 0.1) is 6.92 Å². The summed E-state index contributed by atoms with van der Waals surface area (Å²) >= 11 is 0. The van der Waals surface area contributed by atoms with Gasteiger partial charge in [0.05, 0.1) is 6.20 Å². The molecule has 0 N–H and O–H groups in total. The minimum absolute atomic E-state index is 0.903. The highest BCUT2D eigenvalue weighted by molar-refractivity contribution is 5.35. The fourth-order valence-corrected chi connectivity index (χ4v) is 0.907. The first-order chi connectivity index (χ1) is 6.86. The maximum atomic E-state index is 4.24. The molecule has 0 spiro atoms. The highest BCUT2D eigenvalue weighted by Crippen LogP contribution is 1.98. The van der Waals surface area contributed by atoms with Gasteiger partial charge >= 0.3 is 0 Å². The summed E-state index contributed by atoms with van der Waals surface area (Å²) in [5.74, 6) is 0. The van der Waals surface area contributed by atoms with Crippen LogP contribution in [0.25, 0.3) is 5.65 Å². The lowest BCUT2D eigenvalue weighted by atomic mass is 10.4. The molecular weight excluding hydrogens is 174 g/mol. The molecule has 0 aliphatic heterocycles. The highest BCUT2D eigenvalue weighted by atomic mass is 15.2. The largest absolute Gasteiger partial charge is 0.234 e. The van der Waals surface area contributed by atoms with Gasteiger partial charge in [-0.25, -0.2) is 9.50 Å². The second-order valence-corrected chi connectivity index (χ2v) is 2.20. The number of fused-ring (bicyclic) bond motifs is 1. The smallest absolute Gasteiger partial charge is 0.155 e. The summed E-state index contributed by atoms with van der Waals surface area (Å²) in [6.45, 7) is 9.97. The quantitative estimate of drug-likeness (QED) is 0.643. The van der Waals surface area contributed by atoms with Gasteiger partial charge in [-0.15, -0.1) is 0 Å². The van der Waals surface area contributed by atoms with E-state index in [2.05, 4.69) is 10.1 Å². The SMILES string of the molecule is CC.CC.Cc1ccn2nccc2n1. The molecule has 14 heavy (non-hydrogen) atoms. The molecule has 0 saturated carbocycles. The van der Waals surface area contributed by atoms with Gasteiger partial charge in [0.15, 0.2) is 5.65 Å². The molecule has 0 bridgehead atoms. The molecule has 0 amide bonds. The Labute approximate surface area is 85.8 Å². The van der Waals surface area contributed by atoms with Crippen LogP contribution in [0.2, 0.25) is 0 Å². The Balaban J connectivity index is 0.000000379. The second-order valence-electron chi connectivity index (χ2n) is 2.20. The van der Waals surface area contributed by atoms with Gasteiger partial charge in [-0.05, 0) is 13.0 Å². The second kappa shape index (κ2) is 7.06. The normalized spacial score (nSPS) is 8.36. The number of aromatic nitrogens is 3. The summed E-state index contributed by atoms with van der Waals surface area (Å²) in [7, 11) is 0. The third kappa shape index (κ3) is 3.17. The molecule has 0 aliphatic carbocycles. The molecule has 0 unspecified atom stereocenters. The van der Waals surface area contributed by atoms with Crippen LogP contribution in [0.5, 0.6) is 0 Å². The van der Waals surface area contributed by atoms with Crippen molar-refractivity contribution in [1.82, 2.24) is 14.6 Å². The average Bonchev–Trinajstić information content (AvgIpc) is 2.71. The lowest BCUT2D eigenvalue weighted by Crippen LogP contribution is -1.89. The Bertz CT molecular complexity index is 352. The van der Waals surface area contributed by atoms with Gasteiger partial charge in [0.1, 0.15) is 0 Å². The van der Waals surface area contributed by atoms with Crippen LogP contribution in [-0.4, -0.2) is 14.6 Å². The van der Waals surface area contributed by atoms with Crippen LogP contribution in [-0.2, 0) is 0 Å². The first-order valence-corrected chi connectivity index (χ1v) is 5.13. The summed E-state index contributed by atoms with van der Waals surface area (Å²) in [6, 6.07) is 3.81. The zero-order chi connectivity index (χ0) is 11.0. The van der Waals surface area contributed by atoms with Crippen molar-refractivity contribution in [2.24, 2.45) is 0 Å². The predicted molar refractivity (Wildman–Crippen MR) is 60.4 cm³/mol. The van der Waals surface area contributed by atoms with Crippen molar-refractivity contribution in [2.45, 2.75) is 34.6 Å². The van der Waals surface area contributed by atoms with Crippen molar-refractivity contribution in [2.75, 3.05) is 0 Å². The summed E-state index contributed by atoms with van der Waals surface area (Å²) in [5, 5.41) is 4.01. The van der Waals surface area contributed by atoms with E-state index in [0.29, 0.717) is 0 Å². The average molecular weight is 193 g/mol. The number of hydrogen-bond donors (Lipinski definition) is 0. The van der Waals surface area contributed by atoms with Gasteiger partial charge < -0.3 is 0 Å². The first kappa shape index (κ1) is 12.6. The van der Waals surface area contributed by atoms with Gasteiger partial charge in [0.2, 0.25) is 0 Å². The Kier molecular flexibility index (Phi) is 6.37. The molecule has 3 heteroatoms. The van der Waals surface area contributed by atoms with Gasteiger partial charge in [0, 0.05) is 18.0 Å². The van der Waals surface area contributed by atoms with Crippen molar-refractivity contribution in [3.05, 3.63) is 30.2 Å². The van der Waals surface area contributed by atoms with E-state index in [0.717, 1.165) is 11.3 Å². The standard InChI is InChI=1S/C7H7N3.2C2H6/c1-6-3-5-10-7(9-6)2-4-8-10;2*1-2/h2-5H,1H3;2*1-2H3. The summed E-state index contributed by atoms with van der Waals surface area (Å²) in [4.78, 5) is 4.24. The van der Waals surface area contributed by atoms with Gasteiger partial charge in [0.25, 0.3) is 0 Å². The molecule has 0 atom stereocenters. The topological polar surface area (TPSA) is 30.2 Å². The molecule has 0 saturated heterocycles. The first-order valence-electron chi connectivity index (χ1n) is 5.13. The Hall–Kier alpha value is -1.38. The summed E-state index contributed by atoms with van der Waals surface area (Å²) in [5.41, 5.74) is 1.92. The molecule has 0 aliphatic rings. The van der Waals surface area contributed by atoms with Crippen LogP contribution in [0.3, 0.4) is 0 Å². The lowest BCUT2D eigenvalue weighted by molar-refractivity contribution is 0.929. The molecule has 2 aromatic heterocycles. The third-order valence-corrected chi connectivity index (χ3v) is 1.40. The fraction of sp³-hybridized carbons (Fsp3) is 0.455. The molecule has 0 radical (unpaired) electrons. The molecule has 78 valence electrons. The summed E-state index contributed by atoms with van der Waals surface area (Å²) < 4.78 is 1.74. The van der Waals surface area contributed by atoms with E-state index >= 15 is 0 Å². The van der Waals surface area contributed by atoms with E-state index in [4.69, 9.17) is 0 Å². The monoisotopic (exact) mass is 193 g/mol. The predicted octanol–water partition coefficient (Wildman–Crippen LogP) is 3.09. The van der Waals surface area contributed by atoms with E-state index in [1.807, 2.05) is 52.9 Å². The zero-order valence-corrected chi connectivity index (χ0v) is 9.65. The van der Waals surface area contributed by atoms with E-state index in [1.165, 1.54) is 0 Å². The molecular formula is C11H19N3. The minimum Gasteiger partial charge on any atom is -0.234 e. The summed E-state index contributed by atoms with van der Waals surface area (Å²) in [6.07, 6.45) is 3.64. The van der Waals surface area contributed by atoms with Gasteiger partial charge in [-0.3, -0.25) is 0 Å². The Morgan fingerprint density at radius 2 is 1.71 bits per heavy atom. The van der Waals surface area contributed by atoms with Crippen LogP contribution in [0.15, 0.2) is 24.5 Å². The van der Waals surface area contributed by atoms with Crippen molar-refractivity contribution < 1.29 is 0 Å². The van der Waals surface area contributed by atoms with E-state index in [-0.39, 0.29) is 0 Å². The Morgan fingerprint density at radius 3 is 2.36 bits per heavy atom. The van der Waals surface area contributed by atoms with Crippen LogP contribution < -0.4 is 0 Å². The molecule has 2 aromatic rings. The zero-order valence-electron chi connectivity index (χ0n) is 9.65. The number of nitrogens with zero attached hydrogens (tertiary/aromatic N) is 3. The number of aryl methyl sites for hydroxylation is 1. The molecule has 2 heterocycles. The third-order valence-electron chi connectivity index (χ3n) is 1.40. The van der Waals surface area contributed by atoms with E-state index < -0.39 is 0 Å². The van der Waals surface area contributed by atoms with E-state index in [1.54, 1.807) is 10.7 Å². The van der Waals surface area contributed by atoms with E-state index in [9.17, 15) is 0 Å². The van der Waals surface area contributed by atoms with Gasteiger partial charge in [-0.2, -0.15) is 5.10 Å². The molecule has 2 rings (SSSR count). The lowest BCUT2D eigenvalue weighted by Gasteiger charge is -1.91. The minimum atomic E-state index is 0.903. The van der Waals surface area contributed by atoms with Crippen molar-refractivity contribution in [1.29, 1.82) is 0 Å². The number of rotatable bonds is 0. The maximum Gasteiger partial charge on any atom is 0.155 e. The van der Waals surface area contributed by atoms with Crippen LogP contribution in [0.1, 0.15) is 33.4 Å².